The summed E-state index contributed by atoms with van der Waals surface area (Å²) in [5.74, 6) is -0.618. The van der Waals surface area contributed by atoms with Gasteiger partial charge in [0.05, 0.1) is 30.9 Å². The summed E-state index contributed by atoms with van der Waals surface area (Å²) >= 11 is 3.63. The molecule has 7 nitrogen and oxygen atoms in total. The Kier molecular flexibility index (Phi) is 6.68. The number of rotatable bonds is 4. The van der Waals surface area contributed by atoms with E-state index in [4.69, 9.17) is 4.74 Å². The SMILES string of the molecule is Cc1cc(Br)c2c(c1)[C@@]1(O[C@H](CC(=O)N3Cc4ccccc4C[C@H]3CO)[C@@H]([Si](C)(C)O)[C@@H]1C)C(=O)N2C. The van der Waals surface area contributed by atoms with E-state index in [9.17, 15) is 19.5 Å². The van der Waals surface area contributed by atoms with Gasteiger partial charge in [-0.2, -0.15) is 0 Å². The minimum absolute atomic E-state index is 0.0473. The van der Waals surface area contributed by atoms with E-state index < -0.39 is 20.0 Å². The van der Waals surface area contributed by atoms with Crippen LogP contribution in [0.15, 0.2) is 40.9 Å². The zero-order chi connectivity index (χ0) is 26.9. The van der Waals surface area contributed by atoms with Crippen molar-refractivity contribution in [1.29, 1.82) is 0 Å². The molecule has 37 heavy (non-hydrogen) atoms. The number of nitrogens with zero attached hydrogens (tertiary/aromatic N) is 2. The predicted molar refractivity (Wildman–Crippen MR) is 148 cm³/mol. The number of anilines is 1. The molecule has 2 aromatic carbocycles. The van der Waals surface area contributed by atoms with Gasteiger partial charge in [-0.25, -0.2) is 0 Å². The zero-order valence-corrected chi connectivity index (χ0v) is 24.6. The maximum absolute atomic E-state index is 13.9. The van der Waals surface area contributed by atoms with Crippen LogP contribution in [0.25, 0.3) is 0 Å². The minimum Gasteiger partial charge on any atom is -0.432 e. The van der Waals surface area contributed by atoms with Gasteiger partial charge in [-0.1, -0.05) is 37.3 Å². The number of hydrogen-bond donors (Lipinski definition) is 2. The van der Waals surface area contributed by atoms with Crippen LogP contribution in [0.1, 0.15) is 35.6 Å². The van der Waals surface area contributed by atoms with E-state index in [1.54, 1.807) is 16.8 Å². The topological polar surface area (TPSA) is 90.3 Å². The van der Waals surface area contributed by atoms with E-state index in [1.807, 2.05) is 63.3 Å². The van der Waals surface area contributed by atoms with Gasteiger partial charge >= 0.3 is 0 Å². The second-order valence-electron chi connectivity index (χ2n) is 11.4. The summed E-state index contributed by atoms with van der Waals surface area (Å²) in [5.41, 5.74) is 3.20. The van der Waals surface area contributed by atoms with Crippen LogP contribution in [-0.2, 0) is 32.9 Å². The normalized spacial score (nSPS) is 29.1. The summed E-state index contributed by atoms with van der Waals surface area (Å²) in [5, 5.41) is 10.1. The molecule has 2 aromatic rings. The molecule has 9 heteroatoms. The molecule has 3 aliphatic heterocycles. The molecule has 0 aromatic heterocycles. The van der Waals surface area contributed by atoms with E-state index in [1.165, 1.54) is 0 Å². The summed E-state index contributed by atoms with van der Waals surface area (Å²) in [6.07, 6.45) is 0.0252. The number of amides is 2. The number of ether oxygens (including phenoxy) is 1. The van der Waals surface area contributed by atoms with E-state index in [0.29, 0.717) is 13.0 Å². The summed E-state index contributed by atoms with van der Waals surface area (Å²) in [6, 6.07) is 11.7. The predicted octanol–water partition coefficient (Wildman–Crippen LogP) is 3.87. The van der Waals surface area contributed by atoms with Crippen molar-refractivity contribution >= 4 is 41.7 Å². The second kappa shape index (κ2) is 9.31. The Balaban J connectivity index is 1.51. The average Bonchev–Trinajstić information content (AvgIpc) is 3.24. The molecular weight excluding hydrogens is 552 g/mol. The standard InChI is InChI=1S/C28H35BrN2O5Si/c1-16-10-21-25(22(29)11-16)30(3)27(34)28(21)17(2)26(37(4,5)35)23(36-28)13-24(33)31-14-19-9-7-6-8-18(19)12-20(31)15-32/h6-11,17,20,23,26,32,35H,12-15H2,1-5H3/t17-,20-,23+,26-,28+/m0/s1. The van der Waals surface area contributed by atoms with Crippen molar-refractivity contribution in [2.24, 2.45) is 5.92 Å². The summed E-state index contributed by atoms with van der Waals surface area (Å²) in [4.78, 5) is 42.5. The quantitative estimate of drug-likeness (QED) is 0.531. The molecule has 0 saturated carbocycles. The van der Waals surface area contributed by atoms with Crippen LogP contribution in [0.2, 0.25) is 18.6 Å². The fraction of sp³-hybridized carbons (Fsp3) is 0.500. The number of carbonyl (C=O) groups is 2. The first-order valence-corrected chi connectivity index (χ1v) is 16.7. The number of halogens is 1. The molecule has 2 N–H and O–H groups in total. The van der Waals surface area contributed by atoms with Gasteiger partial charge in [0.15, 0.2) is 13.9 Å². The Morgan fingerprint density at radius 1 is 1.24 bits per heavy atom. The van der Waals surface area contributed by atoms with E-state index in [-0.39, 0.29) is 42.3 Å². The molecule has 5 atom stereocenters. The van der Waals surface area contributed by atoms with Crippen molar-refractivity contribution in [3.63, 3.8) is 0 Å². The third kappa shape index (κ3) is 4.10. The maximum Gasteiger partial charge on any atom is 0.264 e. The van der Waals surface area contributed by atoms with Gasteiger partial charge in [-0.3, -0.25) is 9.59 Å². The molecule has 198 valence electrons. The van der Waals surface area contributed by atoms with Crippen LogP contribution in [-0.4, -0.2) is 60.7 Å². The Hall–Kier alpha value is -2.04. The van der Waals surface area contributed by atoms with Gasteiger partial charge in [0.25, 0.3) is 5.91 Å². The highest BCUT2D eigenvalue weighted by molar-refractivity contribution is 9.10. The number of hydrogen-bond acceptors (Lipinski definition) is 5. The Bertz CT molecular complexity index is 1260. The molecule has 1 fully saturated rings. The lowest BCUT2D eigenvalue weighted by molar-refractivity contribution is -0.150. The third-order valence-electron chi connectivity index (χ3n) is 8.56. The third-order valence-corrected chi connectivity index (χ3v) is 11.7. The van der Waals surface area contributed by atoms with Crippen LogP contribution >= 0.6 is 15.9 Å². The number of aliphatic hydroxyl groups excluding tert-OH is 1. The van der Waals surface area contributed by atoms with Crippen LogP contribution in [0.5, 0.6) is 0 Å². The largest absolute Gasteiger partial charge is 0.432 e. The Morgan fingerprint density at radius 2 is 1.92 bits per heavy atom. The molecule has 3 heterocycles. The van der Waals surface area contributed by atoms with Gasteiger partial charge in [0.1, 0.15) is 0 Å². The molecule has 5 rings (SSSR count). The number of aryl methyl sites for hydroxylation is 1. The second-order valence-corrected chi connectivity index (χ2v) is 16.2. The van der Waals surface area contributed by atoms with Gasteiger partial charge < -0.3 is 24.4 Å². The summed E-state index contributed by atoms with van der Waals surface area (Å²) < 4.78 is 7.55. The van der Waals surface area contributed by atoms with Crippen LogP contribution < -0.4 is 4.90 Å². The van der Waals surface area contributed by atoms with Crippen molar-refractivity contribution < 1.29 is 24.2 Å². The molecule has 3 aliphatic rings. The Morgan fingerprint density at radius 3 is 2.57 bits per heavy atom. The molecular formula is C28H35BrN2O5Si. The number of benzene rings is 2. The highest BCUT2D eigenvalue weighted by Gasteiger charge is 2.66. The van der Waals surface area contributed by atoms with E-state index in [2.05, 4.69) is 15.9 Å². The summed E-state index contributed by atoms with van der Waals surface area (Å²) in [7, 11) is -1.12. The first-order valence-electron chi connectivity index (χ1n) is 12.9. The lowest BCUT2D eigenvalue weighted by Crippen LogP contribution is -2.48. The highest BCUT2D eigenvalue weighted by atomic mass is 79.9. The molecule has 1 spiro atoms. The smallest absolute Gasteiger partial charge is 0.264 e. The number of aliphatic hydroxyl groups is 1. The van der Waals surface area contributed by atoms with E-state index >= 15 is 0 Å². The first kappa shape index (κ1) is 26.6. The van der Waals surface area contributed by atoms with Crippen LogP contribution in [0.4, 0.5) is 5.69 Å². The fourth-order valence-electron chi connectivity index (χ4n) is 6.94. The number of fused-ring (bicyclic) bond motifs is 3. The molecule has 1 saturated heterocycles. The molecule has 2 amide bonds. The average molecular weight is 588 g/mol. The Labute approximate surface area is 227 Å². The van der Waals surface area contributed by atoms with Crippen molar-refractivity contribution in [3.8, 4) is 0 Å². The van der Waals surface area contributed by atoms with Crippen LogP contribution in [0.3, 0.4) is 0 Å². The molecule has 0 radical (unpaired) electrons. The van der Waals surface area contributed by atoms with E-state index in [0.717, 1.165) is 32.4 Å². The first-order chi connectivity index (χ1) is 17.4. The van der Waals surface area contributed by atoms with Gasteiger partial charge in [-0.05, 0) is 65.1 Å². The number of carbonyl (C=O) groups excluding carboxylic acids is 2. The minimum atomic E-state index is -2.87. The van der Waals surface area contributed by atoms with Gasteiger partial charge in [-0.15, -0.1) is 0 Å². The lowest BCUT2D eigenvalue weighted by atomic mass is 9.82. The maximum atomic E-state index is 13.9. The van der Waals surface area contributed by atoms with Crippen molar-refractivity contribution in [3.05, 3.63) is 63.1 Å². The monoisotopic (exact) mass is 586 g/mol. The van der Waals surface area contributed by atoms with Gasteiger partial charge in [0.2, 0.25) is 5.91 Å². The lowest BCUT2D eigenvalue weighted by Gasteiger charge is -2.37. The van der Waals surface area contributed by atoms with Crippen molar-refractivity contribution in [2.75, 3.05) is 18.6 Å². The van der Waals surface area contributed by atoms with Crippen LogP contribution in [0, 0.1) is 12.8 Å². The number of likely N-dealkylation sites (N-methyl/N-ethyl adjacent to an activating group) is 1. The molecule has 0 unspecified atom stereocenters. The highest BCUT2D eigenvalue weighted by Crippen LogP contribution is 2.60. The van der Waals surface area contributed by atoms with Crippen molar-refractivity contribution in [1.82, 2.24) is 4.90 Å². The van der Waals surface area contributed by atoms with Gasteiger partial charge in [0, 0.05) is 35.1 Å². The summed E-state index contributed by atoms with van der Waals surface area (Å²) in [6.45, 7) is 7.97. The fourth-order valence-corrected chi connectivity index (χ4v) is 10.3. The molecule has 0 aliphatic carbocycles. The molecule has 0 bridgehead atoms. The van der Waals surface area contributed by atoms with Crippen molar-refractivity contribution in [2.45, 2.75) is 69.6 Å². The zero-order valence-electron chi connectivity index (χ0n) is 22.0.